The molecule has 3 nitrogen and oxygen atoms in total. The van der Waals surface area contributed by atoms with Crippen molar-refractivity contribution in [1.82, 2.24) is 9.47 Å². The molecule has 0 spiro atoms. The Balaban J connectivity index is 1.77. The fourth-order valence-electron chi connectivity index (χ4n) is 2.24. The smallest absolute Gasteiger partial charge is 0.270 e. The van der Waals surface area contributed by atoms with Gasteiger partial charge >= 0.3 is 0 Å². The molecule has 0 radical (unpaired) electrons. The van der Waals surface area contributed by atoms with Crippen LogP contribution in [0.15, 0.2) is 35.8 Å². The molecule has 1 fully saturated rings. The normalized spacial score (nSPS) is 15.7. The Bertz CT molecular complexity index is 542. The number of carbonyl (C=O) groups excluding carboxylic acids is 1. The molecule has 3 rings (SSSR count). The first-order chi connectivity index (χ1) is 9.34. The van der Waals surface area contributed by atoms with E-state index in [0.29, 0.717) is 0 Å². The average Bonchev–Trinajstić information content (AvgIpc) is 3.11. The molecule has 0 unspecified atom stereocenters. The Morgan fingerprint density at radius 3 is 2.79 bits per heavy atom. The van der Waals surface area contributed by atoms with Crippen molar-refractivity contribution in [3.05, 3.63) is 46.4 Å². The van der Waals surface area contributed by atoms with Gasteiger partial charge in [0.15, 0.2) is 0 Å². The molecule has 1 saturated heterocycles. The van der Waals surface area contributed by atoms with Crippen LogP contribution in [-0.4, -0.2) is 40.0 Å². The summed E-state index contributed by atoms with van der Waals surface area (Å²) in [6, 6.07) is 8.04. The molecular formula is C14H16N2OS2. The Hall–Kier alpha value is -1.20. The third-order valence-corrected chi connectivity index (χ3v) is 5.06. The van der Waals surface area contributed by atoms with Crippen LogP contribution in [0.2, 0.25) is 0 Å². The molecule has 3 heterocycles. The maximum Gasteiger partial charge on any atom is 0.270 e. The van der Waals surface area contributed by atoms with Gasteiger partial charge in [0.2, 0.25) is 0 Å². The third kappa shape index (κ3) is 2.87. The van der Waals surface area contributed by atoms with E-state index >= 15 is 0 Å². The summed E-state index contributed by atoms with van der Waals surface area (Å²) in [5.41, 5.74) is 0.806. The molecule has 19 heavy (non-hydrogen) atoms. The van der Waals surface area contributed by atoms with Crippen LogP contribution in [-0.2, 0) is 6.54 Å². The molecule has 0 atom stereocenters. The van der Waals surface area contributed by atoms with Crippen molar-refractivity contribution in [3.63, 3.8) is 0 Å². The minimum atomic E-state index is 0.168. The predicted octanol–water partition coefficient (Wildman–Crippen LogP) is 2.79. The maximum atomic E-state index is 12.5. The first kappa shape index (κ1) is 12.8. The number of thiophene rings is 1. The van der Waals surface area contributed by atoms with Gasteiger partial charge in [-0.05, 0) is 23.6 Å². The number of carbonyl (C=O) groups is 1. The zero-order chi connectivity index (χ0) is 13.1. The Labute approximate surface area is 121 Å². The second kappa shape index (κ2) is 5.84. The number of nitrogens with zero attached hydrogens (tertiary/aromatic N) is 2. The monoisotopic (exact) mass is 292 g/mol. The van der Waals surface area contributed by atoms with Crippen molar-refractivity contribution < 1.29 is 4.79 Å². The summed E-state index contributed by atoms with van der Waals surface area (Å²) in [4.78, 5) is 15.8. The number of hydrogen-bond acceptors (Lipinski definition) is 3. The minimum Gasteiger partial charge on any atom is -0.338 e. The van der Waals surface area contributed by atoms with Gasteiger partial charge in [0, 0.05) is 35.7 Å². The molecule has 0 aromatic carbocycles. The highest BCUT2D eigenvalue weighted by Gasteiger charge is 2.20. The van der Waals surface area contributed by atoms with Gasteiger partial charge in [0.05, 0.1) is 6.54 Å². The lowest BCUT2D eigenvalue weighted by molar-refractivity contribution is 0.0762. The van der Waals surface area contributed by atoms with Crippen molar-refractivity contribution in [2.45, 2.75) is 6.54 Å². The van der Waals surface area contributed by atoms with Gasteiger partial charge in [-0.15, -0.1) is 11.3 Å². The zero-order valence-electron chi connectivity index (χ0n) is 10.6. The lowest BCUT2D eigenvalue weighted by Gasteiger charge is -2.26. The van der Waals surface area contributed by atoms with Gasteiger partial charge < -0.3 is 9.47 Å². The molecule has 5 heteroatoms. The maximum absolute atomic E-state index is 12.5. The van der Waals surface area contributed by atoms with Crippen LogP contribution < -0.4 is 0 Å². The van der Waals surface area contributed by atoms with Crippen LogP contribution in [0.4, 0.5) is 0 Å². The summed E-state index contributed by atoms with van der Waals surface area (Å²) in [6.45, 7) is 2.52. The van der Waals surface area contributed by atoms with Crippen molar-refractivity contribution in [2.75, 3.05) is 24.6 Å². The summed E-state index contributed by atoms with van der Waals surface area (Å²) in [7, 11) is 0. The summed E-state index contributed by atoms with van der Waals surface area (Å²) in [5.74, 6) is 2.27. The molecular weight excluding hydrogens is 276 g/mol. The van der Waals surface area contributed by atoms with Crippen LogP contribution >= 0.6 is 23.1 Å². The van der Waals surface area contributed by atoms with Crippen molar-refractivity contribution >= 4 is 29.0 Å². The fourth-order valence-corrected chi connectivity index (χ4v) is 3.85. The number of hydrogen-bond donors (Lipinski definition) is 0. The minimum absolute atomic E-state index is 0.168. The number of aromatic nitrogens is 1. The fraction of sp³-hybridized carbons (Fsp3) is 0.357. The molecule has 100 valence electrons. The standard InChI is InChI=1S/C14H16N2OS2/c17-14(15-6-9-18-10-7-15)13-4-1-5-16(13)11-12-3-2-8-19-12/h1-5,8H,6-7,9-11H2. The largest absolute Gasteiger partial charge is 0.338 e. The second-order valence-electron chi connectivity index (χ2n) is 4.51. The summed E-state index contributed by atoms with van der Waals surface area (Å²) in [6.07, 6.45) is 1.99. The molecule has 1 aliphatic heterocycles. The molecule has 1 aliphatic rings. The lowest BCUT2D eigenvalue weighted by Crippen LogP contribution is -2.38. The van der Waals surface area contributed by atoms with Crippen LogP contribution in [0, 0.1) is 0 Å². The van der Waals surface area contributed by atoms with Crippen LogP contribution in [0.25, 0.3) is 0 Å². The topological polar surface area (TPSA) is 25.2 Å². The van der Waals surface area contributed by atoms with E-state index in [1.54, 1.807) is 11.3 Å². The third-order valence-electron chi connectivity index (χ3n) is 3.25. The Kier molecular flexibility index (Phi) is 3.94. The molecule has 0 saturated carbocycles. The Morgan fingerprint density at radius 2 is 2.05 bits per heavy atom. The first-order valence-electron chi connectivity index (χ1n) is 6.39. The van der Waals surface area contributed by atoms with E-state index in [-0.39, 0.29) is 5.91 Å². The molecule has 1 amide bonds. The van der Waals surface area contributed by atoms with Gasteiger partial charge in [-0.1, -0.05) is 6.07 Å². The first-order valence-corrected chi connectivity index (χ1v) is 8.42. The molecule has 2 aromatic heterocycles. The van der Waals surface area contributed by atoms with Gasteiger partial charge in [0.25, 0.3) is 5.91 Å². The SMILES string of the molecule is O=C(c1cccn1Cc1cccs1)N1CCSCC1. The summed E-state index contributed by atoms with van der Waals surface area (Å²) < 4.78 is 2.05. The van der Waals surface area contributed by atoms with E-state index < -0.39 is 0 Å². The zero-order valence-corrected chi connectivity index (χ0v) is 12.3. The van der Waals surface area contributed by atoms with Gasteiger partial charge in [-0.2, -0.15) is 11.8 Å². The number of amides is 1. The highest BCUT2D eigenvalue weighted by atomic mass is 32.2. The molecule has 0 aliphatic carbocycles. The summed E-state index contributed by atoms with van der Waals surface area (Å²) >= 11 is 3.65. The highest BCUT2D eigenvalue weighted by molar-refractivity contribution is 7.99. The number of thioether (sulfide) groups is 1. The average molecular weight is 292 g/mol. The van der Waals surface area contributed by atoms with Crippen LogP contribution in [0.5, 0.6) is 0 Å². The van der Waals surface area contributed by atoms with Gasteiger partial charge in [-0.3, -0.25) is 4.79 Å². The van der Waals surface area contributed by atoms with Crippen LogP contribution in [0.3, 0.4) is 0 Å². The summed E-state index contributed by atoms with van der Waals surface area (Å²) in [5, 5.41) is 2.07. The van der Waals surface area contributed by atoms with Gasteiger partial charge in [-0.25, -0.2) is 0 Å². The van der Waals surface area contributed by atoms with Crippen molar-refractivity contribution in [2.24, 2.45) is 0 Å². The van der Waals surface area contributed by atoms with Crippen LogP contribution in [0.1, 0.15) is 15.4 Å². The molecule has 2 aromatic rings. The van der Waals surface area contributed by atoms with E-state index in [1.165, 1.54) is 4.88 Å². The second-order valence-corrected chi connectivity index (χ2v) is 6.76. The Morgan fingerprint density at radius 1 is 1.21 bits per heavy atom. The predicted molar refractivity (Wildman–Crippen MR) is 81.1 cm³/mol. The van der Waals surface area contributed by atoms with E-state index in [1.807, 2.05) is 41.1 Å². The van der Waals surface area contributed by atoms with E-state index in [9.17, 15) is 4.79 Å². The number of rotatable bonds is 3. The van der Waals surface area contributed by atoms with Gasteiger partial charge in [0.1, 0.15) is 5.69 Å². The van der Waals surface area contributed by atoms with E-state index in [0.717, 1.165) is 36.8 Å². The molecule has 0 N–H and O–H groups in total. The molecule has 0 bridgehead atoms. The van der Waals surface area contributed by atoms with Crippen molar-refractivity contribution in [1.29, 1.82) is 0 Å². The quantitative estimate of drug-likeness (QED) is 0.869. The van der Waals surface area contributed by atoms with E-state index in [4.69, 9.17) is 0 Å². The van der Waals surface area contributed by atoms with Crippen molar-refractivity contribution in [3.8, 4) is 0 Å². The lowest BCUT2D eigenvalue weighted by atomic mass is 10.3. The highest BCUT2D eigenvalue weighted by Crippen LogP contribution is 2.16. The van der Waals surface area contributed by atoms with E-state index in [2.05, 4.69) is 16.0 Å².